The van der Waals surface area contributed by atoms with E-state index in [1.54, 1.807) is 30.4 Å². The first-order chi connectivity index (χ1) is 23.7. The van der Waals surface area contributed by atoms with Gasteiger partial charge in [0.1, 0.15) is 16.7 Å². The number of thiazole rings is 2. The lowest BCUT2D eigenvalue weighted by molar-refractivity contribution is -0.149. The van der Waals surface area contributed by atoms with E-state index in [-0.39, 0.29) is 54.3 Å². The molecule has 1 saturated heterocycles. The highest BCUT2D eigenvalue weighted by Gasteiger charge is 2.40. The minimum absolute atomic E-state index is 0.0326. The number of aliphatic carboxylic acids is 1. The van der Waals surface area contributed by atoms with Crippen molar-refractivity contribution in [3.8, 4) is 0 Å². The van der Waals surface area contributed by atoms with Gasteiger partial charge in [0.05, 0.1) is 17.0 Å². The van der Waals surface area contributed by atoms with Crippen molar-refractivity contribution in [3.63, 3.8) is 0 Å². The second kappa shape index (κ2) is 18.2. The van der Waals surface area contributed by atoms with E-state index in [2.05, 4.69) is 25.5 Å². The minimum Gasteiger partial charge on any atom is -0.481 e. The summed E-state index contributed by atoms with van der Waals surface area (Å²) in [6, 6.07) is -1.74. The first-order valence-electron chi connectivity index (χ1n) is 17.6. The molecule has 2 aliphatic rings. The predicted octanol–water partition coefficient (Wildman–Crippen LogP) is 4.30. The van der Waals surface area contributed by atoms with Gasteiger partial charge in [-0.05, 0) is 57.5 Å². The van der Waals surface area contributed by atoms with Crippen molar-refractivity contribution in [2.24, 2.45) is 17.8 Å². The molecular weight excluding hydrogens is 681 g/mol. The summed E-state index contributed by atoms with van der Waals surface area (Å²) in [5.74, 6) is -2.86. The number of hydrogen-bond acceptors (Lipinski definition) is 11. The molecule has 0 radical (unpaired) electrons. The van der Waals surface area contributed by atoms with Gasteiger partial charge in [-0.3, -0.25) is 28.9 Å². The SMILES string of the molecule is CC(=O)O[C@H](C[C@H](C(C)C)N(C)C(=O)[C@@H](NC(=O)[C@H]1CCCCN1C)C1CCC1)c1nc(C(=O)N[C@@H](Cc2nccs2)C[C@H](C)C(=O)O)cs1. The molecule has 0 spiro atoms. The van der Waals surface area contributed by atoms with Crippen LogP contribution in [0, 0.1) is 17.8 Å². The summed E-state index contributed by atoms with van der Waals surface area (Å²) in [4.78, 5) is 77.5. The molecular formula is C35H52N6O7S2. The number of carbonyl (C=O) groups is 5. The smallest absolute Gasteiger partial charge is 0.306 e. The summed E-state index contributed by atoms with van der Waals surface area (Å²) in [5, 5.41) is 20.1. The van der Waals surface area contributed by atoms with Gasteiger partial charge in [-0.15, -0.1) is 22.7 Å². The molecule has 3 N–H and O–H groups in total. The summed E-state index contributed by atoms with van der Waals surface area (Å²) < 4.78 is 5.76. The molecule has 1 aliphatic heterocycles. The van der Waals surface area contributed by atoms with Crippen LogP contribution in [0.2, 0.25) is 0 Å². The number of nitrogens with zero attached hydrogens (tertiary/aromatic N) is 4. The Morgan fingerprint density at radius 2 is 1.80 bits per heavy atom. The third-order valence-corrected chi connectivity index (χ3v) is 11.7. The van der Waals surface area contributed by atoms with Gasteiger partial charge in [0.2, 0.25) is 11.8 Å². The number of hydrogen-bond donors (Lipinski definition) is 3. The molecule has 15 heteroatoms. The molecule has 0 bridgehead atoms. The van der Waals surface area contributed by atoms with Crippen molar-refractivity contribution >= 4 is 52.3 Å². The van der Waals surface area contributed by atoms with E-state index in [1.807, 2.05) is 26.3 Å². The van der Waals surface area contributed by atoms with Crippen LogP contribution in [0.1, 0.15) is 106 Å². The predicted molar refractivity (Wildman–Crippen MR) is 191 cm³/mol. The zero-order valence-electron chi connectivity index (χ0n) is 29.9. The van der Waals surface area contributed by atoms with E-state index in [9.17, 15) is 29.1 Å². The van der Waals surface area contributed by atoms with E-state index >= 15 is 0 Å². The van der Waals surface area contributed by atoms with Gasteiger partial charge in [0.15, 0.2) is 6.10 Å². The Labute approximate surface area is 302 Å². The maximum atomic E-state index is 14.2. The Bertz CT molecular complexity index is 1460. The molecule has 6 atom stereocenters. The molecule has 1 aliphatic carbocycles. The molecule has 2 fully saturated rings. The van der Waals surface area contributed by atoms with Gasteiger partial charge < -0.3 is 25.4 Å². The van der Waals surface area contributed by atoms with E-state index < -0.39 is 42.0 Å². The molecule has 13 nitrogen and oxygen atoms in total. The number of likely N-dealkylation sites (tertiary alicyclic amines) is 1. The number of esters is 1. The number of piperidine rings is 1. The van der Waals surface area contributed by atoms with E-state index in [0.29, 0.717) is 11.4 Å². The molecule has 2 aromatic heterocycles. The molecule has 276 valence electrons. The summed E-state index contributed by atoms with van der Waals surface area (Å²) in [7, 11) is 3.69. The van der Waals surface area contributed by atoms with Gasteiger partial charge >= 0.3 is 11.9 Å². The van der Waals surface area contributed by atoms with Crippen molar-refractivity contribution < 1.29 is 33.8 Å². The second-order valence-corrected chi connectivity index (χ2v) is 16.0. The average Bonchev–Trinajstić information content (AvgIpc) is 3.74. The lowest BCUT2D eigenvalue weighted by atomic mass is 9.78. The first-order valence-corrected chi connectivity index (χ1v) is 19.3. The van der Waals surface area contributed by atoms with Crippen LogP contribution in [-0.2, 0) is 30.3 Å². The standard InChI is InChI=1S/C35H52N6O7S2/c1-20(2)27(41(6)34(45)30(23-10-9-11-23)39-32(44)26-12-7-8-14-40(26)5)18-28(48-22(4)42)33-38-25(19-50-33)31(43)37-24(16-21(3)35(46)47)17-29-36-13-15-49-29/h13,15,19-21,23-24,26-28,30H,7-12,14,16-18H2,1-6H3,(H,37,43)(H,39,44)(H,46,47)/t21-,24+,26+,27+,28+,30-/m0/s1. The third kappa shape index (κ3) is 10.5. The zero-order valence-corrected chi connectivity index (χ0v) is 31.6. The number of carboxylic acid groups (broad SMARTS) is 1. The minimum atomic E-state index is -0.954. The normalized spacial score (nSPS) is 19.8. The fourth-order valence-corrected chi connectivity index (χ4v) is 8.31. The average molecular weight is 733 g/mol. The van der Waals surface area contributed by atoms with Crippen molar-refractivity contribution in [3.05, 3.63) is 32.7 Å². The summed E-state index contributed by atoms with van der Waals surface area (Å²) in [5.41, 5.74) is 0.125. The molecule has 3 heterocycles. The Kier molecular flexibility index (Phi) is 14.3. The number of amides is 3. The summed E-state index contributed by atoms with van der Waals surface area (Å²) in [6.07, 6.45) is 7.24. The summed E-state index contributed by atoms with van der Waals surface area (Å²) in [6.45, 7) is 7.75. The van der Waals surface area contributed by atoms with Gasteiger partial charge in [0, 0.05) is 55.9 Å². The van der Waals surface area contributed by atoms with Crippen molar-refractivity contribution in [2.75, 3.05) is 20.6 Å². The second-order valence-electron chi connectivity index (χ2n) is 14.1. The highest BCUT2D eigenvalue weighted by Crippen LogP contribution is 2.34. The van der Waals surface area contributed by atoms with Crippen LogP contribution in [0.3, 0.4) is 0 Å². The largest absolute Gasteiger partial charge is 0.481 e. The lowest BCUT2D eigenvalue weighted by Crippen LogP contribution is -2.59. The van der Waals surface area contributed by atoms with Crippen LogP contribution in [0.4, 0.5) is 0 Å². The maximum absolute atomic E-state index is 14.2. The van der Waals surface area contributed by atoms with Crippen LogP contribution in [-0.4, -0.2) is 99.3 Å². The Morgan fingerprint density at radius 1 is 1.06 bits per heavy atom. The quantitative estimate of drug-likeness (QED) is 0.199. The lowest BCUT2D eigenvalue weighted by Gasteiger charge is -2.41. The van der Waals surface area contributed by atoms with E-state index in [4.69, 9.17) is 4.74 Å². The number of aromatic nitrogens is 2. The van der Waals surface area contributed by atoms with Crippen LogP contribution < -0.4 is 10.6 Å². The topological polar surface area (TPSA) is 171 Å². The van der Waals surface area contributed by atoms with Crippen LogP contribution >= 0.6 is 22.7 Å². The fourth-order valence-electron chi connectivity index (χ4n) is 6.77. The number of ether oxygens (including phenoxy) is 1. The highest BCUT2D eigenvalue weighted by atomic mass is 32.1. The van der Waals surface area contributed by atoms with Gasteiger partial charge in [-0.1, -0.05) is 33.6 Å². The Balaban J connectivity index is 1.49. The number of likely N-dealkylation sites (N-methyl/N-ethyl adjacent to an activating group) is 2. The van der Waals surface area contributed by atoms with Crippen molar-refractivity contribution in [1.29, 1.82) is 0 Å². The molecule has 0 unspecified atom stereocenters. The van der Waals surface area contributed by atoms with Crippen LogP contribution in [0.25, 0.3) is 0 Å². The van der Waals surface area contributed by atoms with Crippen molar-refractivity contribution in [1.82, 2.24) is 30.4 Å². The molecule has 2 aromatic rings. The van der Waals surface area contributed by atoms with Gasteiger partial charge in [-0.2, -0.15) is 0 Å². The van der Waals surface area contributed by atoms with Crippen molar-refractivity contribution in [2.45, 2.75) is 116 Å². The van der Waals surface area contributed by atoms with E-state index in [0.717, 1.165) is 50.1 Å². The first kappa shape index (κ1) is 39.4. The number of nitrogens with one attached hydrogen (secondary N) is 2. The molecule has 50 heavy (non-hydrogen) atoms. The van der Waals surface area contributed by atoms with Crippen LogP contribution in [0.15, 0.2) is 17.0 Å². The highest BCUT2D eigenvalue weighted by molar-refractivity contribution is 7.10. The molecule has 1 saturated carbocycles. The Morgan fingerprint density at radius 3 is 2.38 bits per heavy atom. The maximum Gasteiger partial charge on any atom is 0.306 e. The summed E-state index contributed by atoms with van der Waals surface area (Å²) >= 11 is 2.61. The number of carboxylic acids is 1. The van der Waals surface area contributed by atoms with Crippen LogP contribution in [0.5, 0.6) is 0 Å². The zero-order chi connectivity index (χ0) is 36.5. The van der Waals surface area contributed by atoms with Gasteiger partial charge in [-0.25, -0.2) is 9.97 Å². The number of carbonyl (C=O) groups excluding carboxylic acids is 4. The molecule has 3 amide bonds. The number of rotatable bonds is 17. The Hall–Kier alpha value is -3.43. The molecule has 0 aromatic carbocycles. The monoisotopic (exact) mass is 732 g/mol. The third-order valence-electron chi connectivity index (χ3n) is 9.97. The van der Waals surface area contributed by atoms with E-state index in [1.165, 1.54) is 29.6 Å². The van der Waals surface area contributed by atoms with Gasteiger partial charge in [0.25, 0.3) is 5.91 Å². The fraction of sp³-hybridized carbons (Fsp3) is 0.686. The molecule has 4 rings (SSSR count).